The molecule has 0 saturated carbocycles. The molecule has 0 saturated heterocycles. The number of hydrogen-bond acceptors (Lipinski definition) is 5. The van der Waals surface area contributed by atoms with E-state index in [0.717, 1.165) is 5.75 Å². The molecule has 0 spiro atoms. The molecular weight excluding hydrogens is 288 g/mol. The van der Waals surface area contributed by atoms with Gasteiger partial charge in [-0.05, 0) is 36.4 Å². The fraction of sp³-hybridized carbons (Fsp3) is 0.188. The highest BCUT2D eigenvalue weighted by atomic mass is 16.5. The van der Waals surface area contributed by atoms with E-state index in [4.69, 9.17) is 19.3 Å². The Hall–Kier alpha value is -2.89. The second kappa shape index (κ2) is 7.21. The number of phenolic OH excluding ortho intramolecular Hbond substituents is 1. The number of aromatic carboxylic acids is 1. The van der Waals surface area contributed by atoms with Gasteiger partial charge >= 0.3 is 5.97 Å². The largest absolute Gasteiger partial charge is 0.508 e. The summed E-state index contributed by atoms with van der Waals surface area (Å²) in [4.78, 5) is 11.0. The molecule has 116 valence electrons. The van der Waals surface area contributed by atoms with Gasteiger partial charge in [0, 0.05) is 6.07 Å². The molecule has 0 amide bonds. The molecular formula is C16H16O6. The minimum atomic E-state index is -1.12. The lowest BCUT2D eigenvalue weighted by Crippen LogP contribution is -2.11. The minimum absolute atomic E-state index is 0.0118. The molecule has 2 N–H and O–H groups in total. The molecule has 2 aromatic carbocycles. The first kappa shape index (κ1) is 15.5. The first-order valence-corrected chi connectivity index (χ1v) is 6.56. The van der Waals surface area contributed by atoms with Crippen LogP contribution in [-0.4, -0.2) is 36.5 Å². The van der Waals surface area contributed by atoms with Crippen LogP contribution < -0.4 is 14.2 Å². The Balaban J connectivity index is 1.88. The standard InChI is InChI=1S/C16H16O6/c1-20-12-3-5-13(6-4-12)21-8-9-22-15-10-11(17)2-7-14(15)16(18)19/h2-7,10,17H,8-9H2,1H3,(H,18,19). The third kappa shape index (κ3) is 4.05. The molecule has 6 nitrogen and oxygen atoms in total. The van der Waals surface area contributed by atoms with Gasteiger partial charge in [-0.25, -0.2) is 4.79 Å². The Bertz CT molecular complexity index is 636. The van der Waals surface area contributed by atoms with Gasteiger partial charge in [0.2, 0.25) is 0 Å². The topological polar surface area (TPSA) is 85.2 Å². The van der Waals surface area contributed by atoms with Gasteiger partial charge < -0.3 is 24.4 Å². The maximum Gasteiger partial charge on any atom is 0.339 e. The van der Waals surface area contributed by atoms with Crippen molar-refractivity contribution in [3.8, 4) is 23.0 Å². The highest BCUT2D eigenvalue weighted by Crippen LogP contribution is 2.24. The van der Waals surface area contributed by atoms with Gasteiger partial charge in [-0.15, -0.1) is 0 Å². The van der Waals surface area contributed by atoms with Crippen LogP contribution in [-0.2, 0) is 0 Å². The van der Waals surface area contributed by atoms with Crippen LogP contribution in [0.5, 0.6) is 23.0 Å². The molecule has 0 atom stereocenters. The molecule has 0 unspecified atom stereocenters. The van der Waals surface area contributed by atoms with E-state index in [1.165, 1.54) is 18.2 Å². The highest BCUT2D eigenvalue weighted by Gasteiger charge is 2.12. The zero-order valence-corrected chi connectivity index (χ0v) is 12.0. The summed E-state index contributed by atoms with van der Waals surface area (Å²) in [6, 6.07) is 10.9. The van der Waals surface area contributed by atoms with E-state index in [1.54, 1.807) is 31.4 Å². The van der Waals surface area contributed by atoms with Crippen molar-refractivity contribution in [2.45, 2.75) is 0 Å². The van der Waals surface area contributed by atoms with Gasteiger partial charge in [0.15, 0.2) is 0 Å². The van der Waals surface area contributed by atoms with Crippen LogP contribution in [0, 0.1) is 0 Å². The lowest BCUT2D eigenvalue weighted by Gasteiger charge is -2.11. The van der Waals surface area contributed by atoms with Gasteiger partial charge in [0.25, 0.3) is 0 Å². The van der Waals surface area contributed by atoms with E-state index >= 15 is 0 Å². The van der Waals surface area contributed by atoms with Crippen molar-refractivity contribution >= 4 is 5.97 Å². The van der Waals surface area contributed by atoms with Crippen LogP contribution in [0.25, 0.3) is 0 Å². The summed E-state index contributed by atoms with van der Waals surface area (Å²) in [5.74, 6) is 0.307. The zero-order valence-electron chi connectivity index (χ0n) is 12.0. The van der Waals surface area contributed by atoms with E-state index in [-0.39, 0.29) is 30.3 Å². The molecule has 0 aliphatic carbocycles. The molecule has 0 aliphatic heterocycles. The molecule has 6 heteroatoms. The normalized spacial score (nSPS) is 10.0. The third-order valence-corrected chi connectivity index (χ3v) is 2.86. The number of benzene rings is 2. The van der Waals surface area contributed by atoms with Crippen molar-refractivity contribution in [2.24, 2.45) is 0 Å². The summed E-state index contributed by atoms with van der Waals surface area (Å²) in [6.45, 7) is 0.386. The van der Waals surface area contributed by atoms with E-state index < -0.39 is 5.97 Å². The molecule has 0 fully saturated rings. The number of carboxylic acids is 1. The van der Waals surface area contributed by atoms with E-state index in [9.17, 15) is 9.90 Å². The number of aromatic hydroxyl groups is 1. The van der Waals surface area contributed by atoms with Gasteiger partial charge in [-0.2, -0.15) is 0 Å². The van der Waals surface area contributed by atoms with E-state index in [1.807, 2.05) is 0 Å². The molecule has 2 rings (SSSR count). The summed E-state index contributed by atoms with van der Waals surface area (Å²) >= 11 is 0. The van der Waals surface area contributed by atoms with E-state index in [0.29, 0.717) is 5.75 Å². The van der Waals surface area contributed by atoms with Crippen molar-refractivity contribution in [1.29, 1.82) is 0 Å². The predicted molar refractivity (Wildman–Crippen MR) is 79.1 cm³/mol. The van der Waals surface area contributed by atoms with Crippen molar-refractivity contribution in [1.82, 2.24) is 0 Å². The number of hydrogen-bond donors (Lipinski definition) is 2. The highest BCUT2D eigenvalue weighted by molar-refractivity contribution is 5.91. The molecule has 0 radical (unpaired) electrons. The number of rotatable bonds is 7. The molecule has 0 aliphatic rings. The van der Waals surface area contributed by atoms with Crippen molar-refractivity contribution in [3.63, 3.8) is 0 Å². The predicted octanol–water partition coefficient (Wildman–Crippen LogP) is 2.56. The monoisotopic (exact) mass is 304 g/mol. The average Bonchev–Trinajstić information content (AvgIpc) is 2.52. The Morgan fingerprint density at radius 2 is 1.64 bits per heavy atom. The van der Waals surface area contributed by atoms with Crippen LogP contribution in [0.3, 0.4) is 0 Å². The van der Waals surface area contributed by atoms with Gasteiger partial charge in [0.05, 0.1) is 7.11 Å². The van der Waals surface area contributed by atoms with Crippen LogP contribution in [0.1, 0.15) is 10.4 Å². The summed E-state index contributed by atoms with van der Waals surface area (Å²) in [7, 11) is 1.58. The van der Waals surface area contributed by atoms with Gasteiger partial charge in [-0.3, -0.25) is 0 Å². The summed E-state index contributed by atoms with van der Waals surface area (Å²) < 4.78 is 15.9. The second-order valence-corrected chi connectivity index (χ2v) is 4.36. The molecule has 2 aromatic rings. The number of ether oxygens (including phenoxy) is 3. The van der Waals surface area contributed by atoms with Crippen molar-refractivity contribution in [2.75, 3.05) is 20.3 Å². The lowest BCUT2D eigenvalue weighted by molar-refractivity contribution is 0.0691. The first-order valence-electron chi connectivity index (χ1n) is 6.56. The molecule has 0 aromatic heterocycles. The van der Waals surface area contributed by atoms with Crippen LogP contribution in [0.15, 0.2) is 42.5 Å². The first-order chi connectivity index (χ1) is 10.6. The Morgan fingerprint density at radius 1 is 1.00 bits per heavy atom. The second-order valence-electron chi connectivity index (χ2n) is 4.36. The summed E-state index contributed by atoms with van der Waals surface area (Å²) in [5.41, 5.74) is -0.0118. The minimum Gasteiger partial charge on any atom is -0.508 e. The third-order valence-electron chi connectivity index (χ3n) is 2.86. The number of carboxylic acid groups (broad SMARTS) is 1. The van der Waals surface area contributed by atoms with Crippen LogP contribution in [0.2, 0.25) is 0 Å². The average molecular weight is 304 g/mol. The Labute approximate surface area is 127 Å². The number of methoxy groups -OCH3 is 1. The maximum atomic E-state index is 11.0. The maximum absolute atomic E-state index is 11.0. The fourth-order valence-corrected chi connectivity index (χ4v) is 1.79. The SMILES string of the molecule is COc1ccc(OCCOc2cc(O)ccc2C(=O)O)cc1. The lowest BCUT2D eigenvalue weighted by atomic mass is 10.2. The Morgan fingerprint density at radius 3 is 2.27 bits per heavy atom. The Kier molecular flexibility index (Phi) is 5.08. The number of phenols is 1. The van der Waals surface area contributed by atoms with Crippen LogP contribution in [0.4, 0.5) is 0 Å². The quantitative estimate of drug-likeness (QED) is 0.765. The number of carbonyl (C=O) groups is 1. The molecule has 0 bridgehead atoms. The van der Waals surface area contributed by atoms with Gasteiger partial charge in [-0.1, -0.05) is 0 Å². The fourth-order valence-electron chi connectivity index (χ4n) is 1.79. The molecule has 0 heterocycles. The molecule has 22 heavy (non-hydrogen) atoms. The van der Waals surface area contributed by atoms with Gasteiger partial charge in [0.1, 0.15) is 41.8 Å². The van der Waals surface area contributed by atoms with Crippen molar-refractivity contribution in [3.05, 3.63) is 48.0 Å². The van der Waals surface area contributed by atoms with E-state index in [2.05, 4.69) is 0 Å². The van der Waals surface area contributed by atoms with Crippen molar-refractivity contribution < 1.29 is 29.2 Å². The summed E-state index contributed by atoms with van der Waals surface area (Å²) in [6.07, 6.45) is 0. The zero-order chi connectivity index (χ0) is 15.9. The summed E-state index contributed by atoms with van der Waals surface area (Å²) in [5, 5.41) is 18.4. The van der Waals surface area contributed by atoms with Crippen LogP contribution >= 0.6 is 0 Å². The smallest absolute Gasteiger partial charge is 0.339 e.